The number of rotatable bonds is 2. The Bertz CT molecular complexity index is 521. The lowest BCUT2D eigenvalue weighted by atomic mass is 9.75. The lowest BCUT2D eigenvalue weighted by molar-refractivity contribution is 0.0691. The van der Waals surface area contributed by atoms with Gasteiger partial charge in [0, 0.05) is 19.3 Å². The van der Waals surface area contributed by atoms with Crippen molar-refractivity contribution in [2.24, 2.45) is 11.8 Å². The minimum atomic E-state index is -1.24. The lowest BCUT2D eigenvalue weighted by Gasteiger charge is -2.41. The molecule has 0 amide bonds. The van der Waals surface area contributed by atoms with Crippen molar-refractivity contribution in [2.75, 3.05) is 18.0 Å². The first kappa shape index (κ1) is 13.3. The number of nitrogens with zero attached hydrogens (tertiary/aromatic N) is 2. The Balaban J connectivity index is 1.83. The molecule has 0 radical (unpaired) electrons. The molecule has 2 aliphatic rings. The first-order valence-corrected chi connectivity index (χ1v) is 7.29. The molecular formula is C15H19FN2O2. The van der Waals surface area contributed by atoms with Gasteiger partial charge in [-0.3, -0.25) is 0 Å². The summed E-state index contributed by atoms with van der Waals surface area (Å²) in [5.41, 5.74) is -0.291. The van der Waals surface area contributed by atoms with E-state index in [0.29, 0.717) is 5.92 Å². The van der Waals surface area contributed by atoms with E-state index < -0.39 is 11.8 Å². The van der Waals surface area contributed by atoms with Gasteiger partial charge in [0.1, 0.15) is 5.56 Å². The number of piperidine rings is 1. The molecule has 108 valence electrons. The van der Waals surface area contributed by atoms with Gasteiger partial charge in [0.2, 0.25) is 0 Å². The molecule has 0 spiro atoms. The summed E-state index contributed by atoms with van der Waals surface area (Å²) in [5.74, 6) is -0.375. The summed E-state index contributed by atoms with van der Waals surface area (Å²) >= 11 is 0. The molecule has 20 heavy (non-hydrogen) atoms. The fourth-order valence-electron chi connectivity index (χ4n) is 3.61. The van der Waals surface area contributed by atoms with E-state index in [4.69, 9.17) is 5.11 Å². The van der Waals surface area contributed by atoms with Crippen molar-refractivity contribution >= 4 is 11.8 Å². The zero-order valence-electron chi connectivity index (χ0n) is 11.4. The summed E-state index contributed by atoms with van der Waals surface area (Å²) in [6, 6.07) is 1.22. The van der Waals surface area contributed by atoms with E-state index in [1.807, 2.05) is 4.90 Å². The summed E-state index contributed by atoms with van der Waals surface area (Å²) in [7, 11) is 0. The predicted octanol–water partition coefficient (Wildman–Crippen LogP) is 2.94. The number of halogens is 1. The van der Waals surface area contributed by atoms with Gasteiger partial charge < -0.3 is 10.0 Å². The highest BCUT2D eigenvalue weighted by molar-refractivity contribution is 5.88. The molecule has 1 aliphatic carbocycles. The Morgan fingerprint density at radius 1 is 1.30 bits per heavy atom. The van der Waals surface area contributed by atoms with Crippen LogP contribution in [-0.2, 0) is 0 Å². The van der Waals surface area contributed by atoms with Crippen LogP contribution in [0.4, 0.5) is 10.2 Å². The molecular weight excluding hydrogens is 259 g/mol. The molecule has 2 unspecified atom stereocenters. The van der Waals surface area contributed by atoms with Crippen molar-refractivity contribution in [3.05, 3.63) is 23.6 Å². The van der Waals surface area contributed by atoms with Gasteiger partial charge in [-0.05, 0) is 30.7 Å². The maximum absolute atomic E-state index is 14.2. The number of aromatic nitrogens is 1. The highest BCUT2D eigenvalue weighted by Crippen LogP contribution is 2.37. The van der Waals surface area contributed by atoms with E-state index >= 15 is 0 Å². The smallest absolute Gasteiger partial charge is 0.338 e. The van der Waals surface area contributed by atoms with Crippen LogP contribution in [0.5, 0.6) is 0 Å². The minimum Gasteiger partial charge on any atom is -0.478 e. The summed E-state index contributed by atoms with van der Waals surface area (Å²) in [6.07, 6.45) is 7.48. The molecule has 1 aromatic heterocycles. The van der Waals surface area contributed by atoms with Crippen LogP contribution in [-0.4, -0.2) is 29.1 Å². The molecule has 4 nitrogen and oxygen atoms in total. The molecule has 1 N–H and O–H groups in total. The quantitative estimate of drug-likeness (QED) is 0.903. The fraction of sp³-hybridized carbons (Fsp3) is 0.600. The molecule has 0 bridgehead atoms. The number of pyridine rings is 1. The summed E-state index contributed by atoms with van der Waals surface area (Å²) in [6.45, 7) is 1.58. The van der Waals surface area contributed by atoms with Gasteiger partial charge in [0.25, 0.3) is 0 Å². The average Bonchev–Trinajstić information content (AvgIpc) is 2.46. The molecule has 1 aromatic rings. The number of fused-ring (bicyclic) bond motifs is 1. The van der Waals surface area contributed by atoms with Crippen LogP contribution in [0.3, 0.4) is 0 Å². The SMILES string of the molecule is O=C(O)c1ccnc(N2CCC3CCCCC3C2)c1F. The van der Waals surface area contributed by atoms with Gasteiger partial charge in [0.15, 0.2) is 11.6 Å². The van der Waals surface area contributed by atoms with Gasteiger partial charge in [-0.25, -0.2) is 14.2 Å². The van der Waals surface area contributed by atoms with Crippen LogP contribution in [0.15, 0.2) is 12.3 Å². The van der Waals surface area contributed by atoms with Crippen LogP contribution in [0.25, 0.3) is 0 Å². The highest BCUT2D eigenvalue weighted by atomic mass is 19.1. The number of aromatic carboxylic acids is 1. The number of carboxylic acid groups (broad SMARTS) is 1. The van der Waals surface area contributed by atoms with Crippen LogP contribution < -0.4 is 4.90 Å². The zero-order chi connectivity index (χ0) is 14.1. The van der Waals surface area contributed by atoms with Crippen molar-refractivity contribution < 1.29 is 14.3 Å². The van der Waals surface area contributed by atoms with Crippen molar-refractivity contribution in [2.45, 2.75) is 32.1 Å². The first-order chi connectivity index (χ1) is 9.66. The molecule has 1 aliphatic heterocycles. The standard InChI is InChI=1S/C15H19FN2O2/c16-13-12(15(19)20)5-7-17-14(13)18-8-6-10-3-1-2-4-11(10)9-18/h5,7,10-11H,1-4,6,8-9H2,(H,19,20). The highest BCUT2D eigenvalue weighted by Gasteiger charge is 2.33. The van der Waals surface area contributed by atoms with Crippen molar-refractivity contribution in [3.8, 4) is 0 Å². The van der Waals surface area contributed by atoms with Crippen LogP contribution in [0, 0.1) is 17.7 Å². The third-order valence-corrected chi connectivity index (χ3v) is 4.69. The van der Waals surface area contributed by atoms with E-state index in [2.05, 4.69) is 4.98 Å². The zero-order valence-corrected chi connectivity index (χ0v) is 11.4. The maximum Gasteiger partial charge on any atom is 0.338 e. The normalized spacial score (nSPS) is 26.1. The Morgan fingerprint density at radius 3 is 2.80 bits per heavy atom. The first-order valence-electron chi connectivity index (χ1n) is 7.29. The van der Waals surface area contributed by atoms with Crippen molar-refractivity contribution in [1.82, 2.24) is 4.98 Å². The predicted molar refractivity (Wildman–Crippen MR) is 73.4 cm³/mol. The van der Waals surface area contributed by atoms with Gasteiger partial charge in [-0.1, -0.05) is 19.3 Å². The largest absolute Gasteiger partial charge is 0.478 e. The lowest BCUT2D eigenvalue weighted by Crippen LogP contribution is -2.42. The van der Waals surface area contributed by atoms with Crippen LogP contribution >= 0.6 is 0 Å². The third-order valence-electron chi connectivity index (χ3n) is 4.69. The Morgan fingerprint density at radius 2 is 2.05 bits per heavy atom. The Labute approximate surface area is 117 Å². The third kappa shape index (κ3) is 2.37. The van der Waals surface area contributed by atoms with Crippen LogP contribution in [0.2, 0.25) is 0 Å². The number of carboxylic acids is 1. The topological polar surface area (TPSA) is 53.4 Å². The van der Waals surface area contributed by atoms with Crippen molar-refractivity contribution in [3.63, 3.8) is 0 Å². The molecule has 5 heteroatoms. The second-order valence-electron chi connectivity index (χ2n) is 5.84. The van der Waals surface area contributed by atoms with Crippen molar-refractivity contribution in [1.29, 1.82) is 0 Å². The molecule has 0 aromatic carbocycles. The molecule has 3 rings (SSSR count). The van der Waals surface area contributed by atoms with Gasteiger partial charge in [0.05, 0.1) is 0 Å². The van der Waals surface area contributed by atoms with Gasteiger partial charge in [-0.2, -0.15) is 0 Å². The van der Waals surface area contributed by atoms with E-state index in [0.717, 1.165) is 25.4 Å². The number of hydrogen-bond donors (Lipinski definition) is 1. The van der Waals surface area contributed by atoms with E-state index in [-0.39, 0.29) is 11.4 Å². The monoisotopic (exact) mass is 278 g/mol. The number of carbonyl (C=O) groups is 1. The summed E-state index contributed by atoms with van der Waals surface area (Å²) in [5, 5.41) is 8.99. The second-order valence-corrected chi connectivity index (χ2v) is 5.84. The average molecular weight is 278 g/mol. The molecule has 1 saturated heterocycles. The summed E-state index contributed by atoms with van der Waals surface area (Å²) < 4.78 is 14.2. The van der Waals surface area contributed by atoms with Gasteiger partial charge in [-0.15, -0.1) is 0 Å². The Kier molecular flexibility index (Phi) is 3.59. The molecule has 2 fully saturated rings. The number of hydrogen-bond acceptors (Lipinski definition) is 3. The fourth-order valence-corrected chi connectivity index (χ4v) is 3.61. The second kappa shape index (κ2) is 5.38. The van der Waals surface area contributed by atoms with E-state index in [1.54, 1.807) is 0 Å². The minimum absolute atomic E-state index is 0.203. The van der Waals surface area contributed by atoms with Crippen LogP contribution in [0.1, 0.15) is 42.5 Å². The summed E-state index contributed by atoms with van der Waals surface area (Å²) in [4.78, 5) is 17.0. The van der Waals surface area contributed by atoms with E-state index in [9.17, 15) is 9.18 Å². The molecule has 2 heterocycles. The van der Waals surface area contributed by atoms with Gasteiger partial charge >= 0.3 is 5.97 Å². The number of anilines is 1. The van der Waals surface area contributed by atoms with E-state index in [1.165, 1.54) is 37.9 Å². The molecule has 2 atom stereocenters. The Hall–Kier alpha value is -1.65. The molecule has 1 saturated carbocycles. The maximum atomic E-state index is 14.2.